The summed E-state index contributed by atoms with van der Waals surface area (Å²) in [6.07, 6.45) is 6.67. The van der Waals surface area contributed by atoms with Crippen molar-refractivity contribution in [2.24, 2.45) is 29.1 Å². The Balaban J connectivity index is 1.11. The van der Waals surface area contributed by atoms with Crippen molar-refractivity contribution in [3.05, 3.63) is 115 Å². The molecule has 78 heavy (non-hydrogen) atoms. The van der Waals surface area contributed by atoms with Crippen LogP contribution in [0.25, 0.3) is 5.52 Å². The summed E-state index contributed by atoms with van der Waals surface area (Å²) in [5, 5.41) is 47.6. The van der Waals surface area contributed by atoms with E-state index in [1.807, 2.05) is 4.90 Å². The quantitative estimate of drug-likeness (QED) is 0.172. The van der Waals surface area contributed by atoms with Crippen molar-refractivity contribution in [1.29, 1.82) is 0 Å². The number of rotatable bonds is 6. The second kappa shape index (κ2) is 20.6. The first-order valence-corrected chi connectivity index (χ1v) is 26.4. The Bertz CT molecular complexity index is 3280. The van der Waals surface area contributed by atoms with Crippen molar-refractivity contribution in [3.63, 3.8) is 0 Å². The number of nitrogens with one attached hydrogen (secondary N) is 1. The second-order valence-corrected chi connectivity index (χ2v) is 22.4. The topological polar surface area (TPSA) is 260 Å². The number of anilines is 1. The number of carbonyl (C=O) groups excluding carboxylic acids is 5. The number of phenols is 1. The highest BCUT2D eigenvalue weighted by Crippen LogP contribution is 2.51. The summed E-state index contributed by atoms with van der Waals surface area (Å²) in [7, 11) is 1.41. The van der Waals surface area contributed by atoms with Crippen LogP contribution in [0.15, 0.2) is 64.6 Å². The average molecular weight is 1080 g/mol. The van der Waals surface area contributed by atoms with Crippen LogP contribution in [0.1, 0.15) is 138 Å². The average Bonchev–Trinajstić information content (AvgIpc) is 3.93. The number of allylic oxidation sites excluding steroid dienone is 4. The molecule has 5 bridgehead atoms. The minimum atomic E-state index is -2.18. The first-order valence-electron chi connectivity index (χ1n) is 26.4. The number of ketones is 3. The molecule has 7 heterocycles. The maximum absolute atomic E-state index is 16.5. The predicted octanol–water partition coefficient (Wildman–Crippen LogP) is 6.20. The number of likely N-dealkylation sites (tertiary alicyclic amines) is 1. The number of halogens is 1. The summed E-state index contributed by atoms with van der Waals surface area (Å²) in [5.41, 5.74) is -2.03. The summed E-state index contributed by atoms with van der Waals surface area (Å²) in [6, 6.07) is 1.40. The number of phenolic OH excluding ortho intramolecular Hbond substituents is 1. The molecule has 1 unspecified atom stereocenters. The lowest BCUT2D eigenvalue weighted by atomic mass is 9.78. The Hall–Kier alpha value is -7.16. The Morgan fingerprint density at radius 3 is 2.18 bits per heavy atom. The van der Waals surface area contributed by atoms with Gasteiger partial charge in [0.15, 0.2) is 5.82 Å². The molecule has 19 nitrogen and oxygen atoms in total. The number of fused-ring (bicyclic) bond motifs is 15. The number of amides is 1. The van der Waals surface area contributed by atoms with Crippen molar-refractivity contribution in [3.8, 4) is 11.5 Å². The fourth-order valence-electron chi connectivity index (χ4n) is 12.5. The zero-order valence-electron chi connectivity index (χ0n) is 45.4. The molecule has 0 radical (unpaired) electrons. The SMILES string of the molecule is CO[C@H]1/C=C/O[C@@]2(C)Oc3c(C)c(O)c4c(c3C2=O)C(=O)C(N2CCC3(CCN(c5c(F)cn6c(=O)c(C(=O)O)cc(C7CC7)c6c5C)C3)C2)=C(NC(=O)/C(C)=C\C=C\[C@H](C)[C@H](O)[C@@H](C)[C@@H](O)[C@@H](C)[C@H](OC(C)=O)[C@@H]1C)C4=O. The Morgan fingerprint density at radius 2 is 1.54 bits per heavy atom. The highest BCUT2D eigenvalue weighted by atomic mass is 19.1. The number of aromatic carboxylic acids is 1. The zero-order chi connectivity index (χ0) is 56.8. The van der Waals surface area contributed by atoms with Gasteiger partial charge in [0.2, 0.25) is 11.6 Å². The number of Topliss-reactive ketones (excluding diaryl/α,β-unsaturated/α-hetero) is 3. The smallest absolute Gasteiger partial charge is 0.341 e. The first kappa shape index (κ1) is 55.6. The van der Waals surface area contributed by atoms with Gasteiger partial charge in [0.1, 0.15) is 34.6 Å². The van der Waals surface area contributed by atoms with Crippen molar-refractivity contribution in [2.75, 3.05) is 38.2 Å². The third-order valence-corrected chi connectivity index (χ3v) is 17.1. The van der Waals surface area contributed by atoms with Gasteiger partial charge in [0.25, 0.3) is 17.2 Å². The molecule has 7 aliphatic rings. The molecule has 2 aromatic heterocycles. The number of esters is 1. The summed E-state index contributed by atoms with van der Waals surface area (Å²) in [4.78, 5) is 101. The molecule has 10 rings (SSSR count). The number of carboxylic acid groups (broad SMARTS) is 1. The second-order valence-electron chi connectivity index (χ2n) is 22.4. The van der Waals surface area contributed by atoms with Gasteiger partial charge in [0, 0.05) is 87.4 Å². The van der Waals surface area contributed by atoms with Gasteiger partial charge in [-0.15, -0.1) is 0 Å². The maximum Gasteiger partial charge on any atom is 0.341 e. The highest BCUT2D eigenvalue weighted by Gasteiger charge is 2.55. The normalized spacial score (nSPS) is 31.3. The summed E-state index contributed by atoms with van der Waals surface area (Å²) < 4.78 is 41.4. The van der Waals surface area contributed by atoms with Crippen LogP contribution in [0.2, 0.25) is 0 Å². The fraction of sp³-hybridized carbons (Fsp3) is 0.500. The number of hydrogen-bond acceptors (Lipinski definition) is 16. The van der Waals surface area contributed by atoms with Gasteiger partial charge in [0.05, 0.1) is 58.7 Å². The maximum atomic E-state index is 16.5. The van der Waals surface area contributed by atoms with Crippen LogP contribution >= 0.6 is 0 Å². The van der Waals surface area contributed by atoms with E-state index in [-0.39, 0.29) is 59.4 Å². The van der Waals surface area contributed by atoms with E-state index in [4.69, 9.17) is 18.9 Å². The van der Waals surface area contributed by atoms with Crippen molar-refractivity contribution < 1.29 is 72.5 Å². The number of benzene rings is 1. The lowest BCUT2D eigenvalue weighted by molar-refractivity contribution is -0.160. The number of ether oxygens (including phenoxy) is 4. The van der Waals surface area contributed by atoms with Gasteiger partial charge in [-0.1, -0.05) is 45.9 Å². The fourth-order valence-corrected chi connectivity index (χ4v) is 12.5. The van der Waals surface area contributed by atoms with E-state index in [1.54, 1.807) is 51.7 Å². The van der Waals surface area contributed by atoms with Gasteiger partial charge in [-0.2, -0.15) is 0 Å². The van der Waals surface area contributed by atoms with Crippen LogP contribution in [0.4, 0.5) is 10.1 Å². The molecular formula is C58H67FN4O15. The molecule has 20 heteroatoms. The van der Waals surface area contributed by atoms with E-state index < -0.39 is 134 Å². The Morgan fingerprint density at radius 1 is 0.872 bits per heavy atom. The molecule has 10 atom stereocenters. The lowest BCUT2D eigenvalue weighted by Gasteiger charge is -2.38. The number of carboxylic acids is 1. The molecule has 5 aliphatic heterocycles. The van der Waals surface area contributed by atoms with Gasteiger partial charge >= 0.3 is 17.7 Å². The van der Waals surface area contributed by atoms with Crippen LogP contribution in [0.3, 0.4) is 0 Å². The Kier molecular flexibility index (Phi) is 14.7. The number of carbonyl (C=O) groups is 6. The van der Waals surface area contributed by atoms with Crippen molar-refractivity contribution >= 4 is 46.4 Å². The molecule has 3 aromatic rings. The van der Waals surface area contributed by atoms with Crippen LogP contribution in [0.5, 0.6) is 11.5 Å². The molecule has 1 saturated carbocycles. The number of aliphatic hydroxyl groups is 2. The Labute approximate surface area is 450 Å². The molecule has 1 amide bonds. The molecular weight excluding hydrogens is 1010 g/mol. The van der Waals surface area contributed by atoms with Crippen LogP contribution in [-0.4, -0.2) is 128 Å². The molecule has 2 aliphatic carbocycles. The molecule has 3 fully saturated rings. The van der Waals surface area contributed by atoms with E-state index in [9.17, 15) is 44.4 Å². The van der Waals surface area contributed by atoms with Crippen molar-refractivity contribution in [2.45, 2.75) is 124 Å². The number of pyridine rings is 2. The number of aliphatic hydroxyl groups excluding tert-OH is 2. The number of methoxy groups -OCH3 is 1. The minimum Gasteiger partial charge on any atom is -0.507 e. The van der Waals surface area contributed by atoms with E-state index >= 15 is 14.0 Å². The molecule has 1 aromatic carbocycles. The number of nitrogens with zero attached hydrogens (tertiary/aromatic N) is 3. The highest BCUT2D eigenvalue weighted by molar-refractivity contribution is 6.32. The summed E-state index contributed by atoms with van der Waals surface area (Å²) in [5.74, 6) is -12.0. The van der Waals surface area contributed by atoms with Gasteiger partial charge in [-0.25, -0.2) is 9.18 Å². The molecule has 5 N–H and O–H groups in total. The van der Waals surface area contributed by atoms with Crippen LogP contribution in [0, 0.1) is 48.8 Å². The van der Waals surface area contributed by atoms with E-state index in [0.29, 0.717) is 36.0 Å². The van der Waals surface area contributed by atoms with Crippen molar-refractivity contribution in [1.82, 2.24) is 14.6 Å². The molecule has 2 saturated heterocycles. The zero-order valence-corrected chi connectivity index (χ0v) is 45.4. The molecule has 1 spiro atoms. The third-order valence-electron chi connectivity index (χ3n) is 17.1. The first-order chi connectivity index (χ1) is 36.8. The van der Waals surface area contributed by atoms with E-state index in [2.05, 4.69) is 5.32 Å². The van der Waals surface area contributed by atoms with E-state index in [0.717, 1.165) is 29.7 Å². The standard InChI is InChI=1S/C58H67FN4O15/c1-26-12-11-13-27(2)54(71)60-42-45(62-20-18-58(25-62)17-19-61(24-58)44-29(4)43-35(34-14-15-34)22-36(56(73)74)55(72)63(43)23-37(44)59)50(69)39-40(49(42)68)48(67)32(7)52-41(39)53(70)57(9,78-52)76-21-16-38(75-10)28(3)51(77-33(8)64)31(6)47(66)30(5)46(26)65/h11-13,16,21-23,26,28,30-31,34,38,46-47,51,65-67H,14-15,17-20,24-25H2,1-10H3,(H,60,71)(H,73,74)/b12-11+,21-16+,27-13-/t26-,28+,30+,31+,38-,46-,47+,51+,57-,58?/m0/s1. The van der Waals surface area contributed by atoms with Gasteiger partial charge in [-0.05, 0) is 75.6 Å². The summed E-state index contributed by atoms with van der Waals surface area (Å²) >= 11 is 0. The van der Waals surface area contributed by atoms with Crippen LogP contribution in [-0.2, 0) is 23.8 Å². The van der Waals surface area contributed by atoms with Crippen LogP contribution < -0.4 is 20.5 Å². The number of aryl methyl sites for hydroxylation is 1. The number of aromatic nitrogens is 1. The summed E-state index contributed by atoms with van der Waals surface area (Å²) in [6.45, 7) is 14.9. The largest absolute Gasteiger partial charge is 0.507 e. The lowest BCUT2D eigenvalue weighted by Crippen LogP contribution is -2.46. The number of hydrogen-bond donors (Lipinski definition) is 5. The van der Waals surface area contributed by atoms with Gasteiger partial charge in [-0.3, -0.25) is 33.2 Å². The molecule has 416 valence electrons. The predicted molar refractivity (Wildman–Crippen MR) is 281 cm³/mol. The number of aromatic hydroxyl groups is 1. The minimum absolute atomic E-state index is 0.0117. The third kappa shape index (κ3) is 9.37. The monoisotopic (exact) mass is 1080 g/mol. The van der Waals surface area contributed by atoms with Gasteiger partial charge < -0.3 is 54.5 Å². The van der Waals surface area contributed by atoms with E-state index in [1.165, 1.54) is 53.0 Å².